The molecule has 0 saturated carbocycles. The predicted molar refractivity (Wildman–Crippen MR) is 105 cm³/mol. The van der Waals surface area contributed by atoms with Crippen molar-refractivity contribution in [2.75, 3.05) is 5.32 Å². The van der Waals surface area contributed by atoms with E-state index in [4.69, 9.17) is 14.4 Å². The summed E-state index contributed by atoms with van der Waals surface area (Å²) in [5, 5.41) is 19.3. The fraction of sp³-hybridized carbons (Fsp3) is 0.200. The number of anilines is 1. The van der Waals surface area contributed by atoms with Crippen molar-refractivity contribution in [2.45, 2.75) is 30.4 Å². The summed E-state index contributed by atoms with van der Waals surface area (Å²) >= 11 is 1.07. The summed E-state index contributed by atoms with van der Waals surface area (Å²) in [6.07, 6.45) is -0.666. The van der Waals surface area contributed by atoms with Crippen molar-refractivity contribution in [1.82, 2.24) is 10.2 Å². The fourth-order valence-corrected chi connectivity index (χ4v) is 3.03. The van der Waals surface area contributed by atoms with Gasteiger partial charge in [-0.05, 0) is 38.1 Å². The molecule has 0 fully saturated rings. The van der Waals surface area contributed by atoms with Gasteiger partial charge in [-0.25, -0.2) is 4.39 Å². The highest BCUT2D eigenvalue weighted by Gasteiger charge is 2.22. The number of nitriles is 1. The molecule has 0 saturated heterocycles. The number of halogens is 1. The molecule has 1 N–H and O–H groups in total. The normalized spacial score (nSPS) is 12.6. The molecule has 0 bridgehead atoms. The van der Waals surface area contributed by atoms with E-state index in [0.717, 1.165) is 11.8 Å². The van der Waals surface area contributed by atoms with E-state index < -0.39 is 17.2 Å². The number of amides is 1. The lowest BCUT2D eigenvalue weighted by atomic mass is 10.2. The molecule has 3 rings (SSSR count). The van der Waals surface area contributed by atoms with Crippen molar-refractivity contribution in [1.29, 1.82) is 5.26 Å². The van der Waals surface area contributed by atoms with E-state index in [1.807, 2.05) is 6.07 Å². The first kappa shape index (κ1) is 20.4. The molecule has 7 nitrogen and oxygen atoms in total. The molecule has 0 spiro atoms. The minimum Gasteiger partial charge on any atom is -0.478 e. The summed E-state index contributed by atoms with van der Waals surface area (Å²) in [4.78, 5) is 12.4. The van der Waals surface area contributed by atoms with Crippen molar-refractivity contribution in [2.24, 2.45) is 0 Å². The van der Waals surface area contributed by atoms with Crippen molar-refractivity contribution in [3.05, 3.63) is 65.8 Å². The third-order valence-corrected chi connectivity index (χ3v) is 4.80. The molecule has 1 amide bonds. The van der Waals surface area contributed by atoms with Gasteiger partial charge in [-0.3, -0.25) is 4.79 Å². The predicted octanol–water partition coefficient (Wildman–Crippen LogP) is 4.34. The molecule has 0 aliphatic heterocycles. The van der Waals surface area contributed by atoms with Crippen LogP contribution in [0.15, 0.2) is 58.2 Å². The Hall–Kier alpha value is -3.38. The van der Waals surface area contributed by atoms with Crippen LogP contribution in [0, 0.1) is 17.1 Å². The lowest BCUT2D eigenvalue weighted by Gasteiger charge is -2.12. The van der Waals surface area contributed by atoms with E-state index in [1.54, 1.807) is 50.2 Å². The third kappa shape index (κ3) is 5.12. The average Bonchev–Trinajstić information content (AvgIpc) is 3.18. The summed E-state index contributed by atoms with van der Waals surface area (Å²) in [5.41, 5.74) is 0.808. The molecule has 29 heavy (non-hydrogen) atoms. The number of hydrogen-bond acceptors (Lipinski definition) is 7. The molecule has 3 aromatic rings. The maximum absolute atomic E-state index is 13.7. The number of aromatic nitrogens is 2. The highest BCUT2D eigenvalue weighted by atomic mass is 32.2. The van der Waals surface area contributed by atoms with Crippen LogP contribution in [0.3, 0.4) is 0 Å². The summed E-state index contributed by atoms with van der Waals surface area (Å²) in [5.74, 6) is -0.556. The van der Waals surface area contributed by atoms with E-state index in [1.165, 1.54) is 12.1 Å². The van der Waals surface area contributed by atoms with E-state index in [9.17, 15) is 9.18 Å². The molecule has 1 aromatic heterocycles. The SMILES string of the molecule is C[C@@H](Sc1nnc([C@@H](C)Oc2ccccc2F)o1)C(=O)Nc1ccccc1C#N. The maximum Gasteiger partial charge on any atom is 0.277 e. The van der Waals surface area contributed by atoms with Gasteiger partial charge < -0.3 is 14.5 Å². The Labute approximate surface area is 170 Å². The zero-order valence-electron chi connectivity index (χ0n) is 15.6. The van der Waals surface area contributed by atoms with Gasteiger partial charge in [0.25, 0.3) is 11.1 Å². The Kier molecular flexibility index (Phi) is 6.46. The van der Waals surface area contributed by atoms with Crippen molar-refractivity contribution >= 4 is 23.4 Å². The number of hydrogen-bond donors (Lipinski definition) is 1. The first-order valence-electron chi connectivity index (χ1n) is 8.69. The van der Waals surface area contributed by atoms with Crippen LogP contribution < -0.4 is 10.1 Å². The topological polar surface area (TPSA) is 101 Å². The standard InChI is InChI=1S/C20H17FN4O3S/c1-12(27-17-10-6-4-8-15(17)21)19-24-25-20(28-19)29-13(2)18(26)23-16-9-5-3-7-14(16)11-22/h3-10,12-13H,1-2H3,(H,23,26)/t12-,13-/m1/s1. The average molecular weight is 412 g/mol. The van der Waals surface area contributed by atoms with Crippen LogP contribution in [0.5, 0.6) is 5.75 Å². The second kappa shape index (κ2) is 9.21. The molecule has 1 heterocycles. The Morgan fingerprint density at radius 1 is 1.21 bits per heavy atom. The smallest absolute Gasteiger partial charge is 0.277 e. The number of para-hydroxylation sites is 2. The molecule has 2 aromatic carbocycles. The van der Waals surface area contributed by atoms with Gasteiger partial charge >= 0.3 is 0 Å². The zero-order valence-corrected chi connectivity index (χ0v) is 16.4. The largest absolute Gasteiger partial charge is 0.478 e. The summed E-state index contributed by atoms with van der Waals surface area (Å²) < 4.78 is 24.7. The van der Waals surface area contributed by atoms with Gasteiger partial charge in [-0.1, -0.05) is 36.0 Å². The minimum atomic E-state index is -0.666. The summed E-state index contributed by atoms with van der Waals surface area (Å²) in [6.45, 7) is 3.33. The Balaban J connectivity index is 1.61. The minimum absolute atomic E-state index is 0.0799. The van der Waals surface area contributed by atoms with E-state index in [0.29, 0.717) is 11.3 Å². The molecular weight excluding hydrogens is 395 g/mol. The molecule has 9 heteroatoms. The molecule has 148 valence electrons. The highest BCUT2D eigenvalue weighted by molar-refractivity contribution is 8.00. The number of ether oxygens (including phenoxy) is 1. The Morgan fingerprint density at radius 3 is 2.69 bits per heavy atom. The number of benzene rings is 2. The van der Waals surface area contributed by atoms with Crippen molar-refractivity contribution < 1.29 is 18.3 Å². The quantitative estimate of drug-likeness (QED) is 0.576. The summed E-state index contributed by atoms with van der Waals surface area (Å²) in [6, 6.07) is 14.8. The lowest BCUT2D eigenvalue weighted by molar-refractivity contribution is -0.115. The van der Waals surface area contributed by atoms with Crippen LogP contribution >= 0.6 is 11.8 Å². The van der Waals surface area contributed by atoms with E-state index in [-0.39, 0.29) is 22.8 Å². The van der Waals surface area contributed by atoms with Crippen molar-refractivity contribution in [3.63, 3.8) is 0 Å². The van der Waals surface area contributed by atoms with Crippen LogP contribution in [0.4, 0.5) is 10.1 Å². The van der Waals surface area contributed by atoms with Crippen LogP contribution in [0.1, 0.15) is 31.4 Å². The van der Waals surface area contributed by atoms with Gasteiger partial charge in [0, 0.05) is 0 Å². The molecule has 0 aliphatic rings. The van der Waals surface area contributed by atoms with Crippen LogP contribution in [-0.2, 0) is 4.79 Å². The number of carbonyl (C=O) groups excluding carboxylic acids is 1. The number of nitrogens with zero attached hydrogens (tertiary/aromatic N) is 3. The fourth-order valence-electron chi connectivity index (χ4n) is 2.34. The zero-order chi connectivity index (χ0) is 20.8. The molecule has 0 unspecified atom stereocenters. The molecular formula is C20H17FN4O3S. The van der Waals surface area contributed by atoms with Gasteiger partial charge in [0.15, 0.2) is 17.7 Å². The van der Waals surface area contributed by atoms with E-state index >= 15 is 0 Å². The summed E-state index contributed by atoms with van der Waals surface area (Å²) in [7, 11) is 0. The molecule has 0 radical (unpaired) electrons. The first-order chi connectivity index (χ1) is 14.0. The van der Waals surface area contributed by atoms with E-state index in [2.05, 4.69) is 15.5 Å². The Morgan fingerprint density at radius 2 is 1.93 bits per heavy atom. The van der Waals surface area contributed by atoms with Crippen LogP contribution in [-0.4, -0.2) is 21.4 Å². The lowest BCUT2D eigenvalue weighted by Crippen LogP contribution is -2.22. The number of thioether (sulfide) groups is 1. The first-order valence-corrected chi connectivity index (χ1v) is 9.57. The van der Waals surface area contributed by atoms with Gasteiger partial charge in [0.1, 0.15) is 6.07 Å². The second-order valence-corrected chi connectivity index (χ2v) is 7.30. The monoisotopic (exact) mass is 412 g/mol. The number of nitrogens with one attached hydrogen (secondary N) is 1. The van der Waals surface area contributed by atoms with Gasteiger partial charge in [-0.2, -0.15) is 5.26 Å². The van der Waals surface area contributed by atoms with Gasteiger partial charge in [0.05, 0.1) is 16.5 Å². The third-order valence-electron chi connectivity index (χ3n) is 3.86. The van der Waals surface area contributed by atoms with Crippen molar-refractivity contribution in [3.8, 4) is 11.8 Å². The molecule has 0 aliphatic carbocycles. The van der Waals surface area contributed by atoms with Gasteiger partial charge in [0.2, 0.25) is 5.91 Å². The van der Waals surface area contributed by atoms with Crippen LogP contribution in [0.25, 0.3) is 0 Å². The number of carbonyl (C=O) groups is 1. The van der Waals surface area contributed by atoms with Crippen LogP contribution in [0.2, 0.25) is 0 Å². The van der Waals surface area contributed by atoms with Gasteiger partial charge in [-0.15, -0.1) is 10.2 Å². The second-order valence-electron chi connectivity index (χ2n) is 6.00. The molecule has 2 atom stereocenters. The maximum atomic E-state index is 13.7. The highest BCUT2D eigenvalue weighted by Crippen LogP contribution is 2.28. The number of rotatable bonds is 7. The Bertz CT molecular complexity index is 1050.